The number of nitrogens with one attached hydrogen (secondary N) is 2. The van der Waals surface area contributed by atoms with Crippen LogP contribution in [0.2, 0.25) is 0 Å². The summed E-state index contributed by atoms with van der Waals surface area (Å²) in [6.45, 7) is 1.44. The quantitative estimate of drug-likeness (QED) is 0.668. The fraction of sp³-hybridized carbons (Fsp3) is 0.333. The van der Waals surface area contributed by atoms with Crippen LogP contribution < -0.4 is 14.2 Å². The van der Waals surface area contributed by atoms with E-state index in [-0.39, 0.29) is 23.7 Å². The lowest BCUT2D eigenvalue weighted by molar-refractivity contribution is 0.414. The summed E-state index contributed by atoms with van der Waals surface area (Å²) in [5, 5.41) is -1.20. The third kappa shape index (κ3) is 4.82. The number of hydrogen-bond donors (Lipinski definition) is 2. The standard InChI is InChI=1S/C15H20N2O6S2/c1-3-16-25(20,21)17-11-15(14-5-4-10-23-14)24(18,19)13-8-6-12(22-2)7-9-13/h4-10,15-17H,3,11H2,1-2H3. The van der Waals surface area contributed by atoms with Gasteiger partial charge in [0.15, 0.2) is 9.84 Å². The molecule has 1 aromatic heterocycles. The first-order chi connectivity index (χ1) is 11.8. The van der Waals surface area contributed by atoms with Crippen molar-refractivity contribution in [2.45, 2.75) is 17.1 Å². The smallest absolute Gasteiger partial charge is 0.276 e. The fourth-order valence-electron chi connectivity index (χ4n) is 2.19. The number of sulfone groups is 1. The van der Waals surface area contributed by atoms with Gasteiger partial charge in [0.2, 0.25) is 0 Å². The topological polar surface area (TPSA) is 115 Å². The van der Waals surface area contributed by atoms with Gasteiger partial charge in [-0.25, -0.2) is 17.9 Å². The zero-order chi connectivity index (χ0) is 18.5. The van der Waals surface area contributed by atoms with Crippen LogP contribution in [0.1, 0.15) is 17.9 Å². The Kier molecular flexibility index (Phi) is 6.22. The van der Waals surface area contributed by atoms with Crippen molar-refractivity contribution in [1.29, 1.82) is 0 Å². The molecule has 2 rings (SSSR count). The van der Waals surface area contributed by atoms with Crippen molar-refractivity contribution >= 4 is 20.0 Å². The molecule has 0 aliphatic rings. The summed E-state index contributed by atoms with van der Waals surface area (Å²) in [4.78, 5) is 0.0392. The Hall–Kier alpha value is -1.88. The molecule has 25 heavy (non-hydrogen) atoms. The van der Waals surface area contributed by atoms with Gasteiger partial charge >= 0.3 is 0 Å². The second-order valence-electron chi connectivity index (χ2n) is 5.07. The molecule has 1 atom stereocenters. The molecule has 0 fully saturated rings. The Morgan fingerprint density at radius 3 is 2.28 bits per heavy atom. The summed E-state index contributed by atoms with van der Waals surface area (Å²) < 4.78 is 64.2. The first kappa shape index (κ1) is 19.4. The molecule has 0 spiro atoms. The van der Waals surface area contributed by atoms with Crippen molar-refractivity contribution in [2.24, 2.45) is 0 Å². The second kappa shape index (κ2) is 8.00. The maximum atomic E-state index is 12.9. The van der Waals surface area contributed by atoms with Crippen LogP contribution in [-0.2, 0) is 20.0 Å². The third-order valence-corrected chi connectivity index (χ3v) is 6.71. The van der Waals surface area contributed by atoms with E-state index >= 15 is 0 Å². The highest BCUT2D eigenvalue weighted by Gasteiger charge is 2.32. The van der Waals surface area contributed by atoms with Crippen LogP contribution in [0.3, 0.4) is 0 Å². The van der Waals surface area contributed by atoms with E-state index in [0.717, 1.165) is 0 Å². The lowest BCUT2D eigenvalue weighted by Gasteiger charge is -2.17. The number of ether oxygens (including phenoxy) is 1. The molecular formula is C15H20N2O6S2. The van der Waals surface area contributed by atoms with E-state index < -0.39 is 25.3 Å². The molecule has 138 valence electrons. The van der Waals surface area contributed by atoms with Crippen molar-refractivity contribution in [3.63, 3.8) is 0 Å². The predicted octanol–water partition coefficient (Wildman–Crippen LogP) is 1.25. The fourth-order valence-corrected chi connectivity index (χ4v) is 4.75. The average Bonchev–Trinajstić information content (AvgIpc) is 3.08. The van der Waals surface area contributed by atoms with Gasteiger partial charge in [0.05, 0.1) is 18.3 Å². The molecule has 0 aliphatic heterocycles. The van der Waals surface area contributed by atoms with Crippen molar-refractivity contribution in [1.82, 2.24) is 9.44 Å². The molecule has 10 heteroatoms. The van der Waals surface area contributed by atoms with E-state index in [2.05, 4.69) is 9.44 Å². The Morgan fingerprint density at radius 2 is 1.76 bits per heavy atom. The highest BCUT2D eigenvalue weighted by atomic mass is 32.2. The number of rotatable bonds is 9. The largest absolute Gasteiger partial charge is 0.497 e. The van der Waals surface area contributed by atoms with Gasteiger partial charge in [0, 0.05) is 13.1 Å². The van der Waals surface area contributed by atoms with Gasteiger partial charge in [-0.15, -0.1) is 0 Å². The monoisotopic (exact) mass is 388 g/mol. The number of benzene rings is 1. The van der Waals surface area contributed by atoms with Crippen molar-refractivity contribution < 1.29 is 26.0 Å². The van der Waals surface area contributed by atoms with Crippen LogP contribution in [0.25, 0.3) is 0 Å². The van der Waals surface area contributed by atoms with Crippen LogP contribution in [0.4, 0.5) is 0 Å². The number of methoxy groups -OCH3 is 1. The Bertz CT molecular complexity index is 875. The first-order valence-corrected chi connectivity index (χ1v) is 10.5. The highest BCUT2D eigenvalue weighted by Crippen LogP contribution is 2.30. The summed E-state index contributed by atoms with van der Waals surface area (Å²) in [7, 11) is -6.21. The van der Waals surface area contributed by atoms with E-state index in [0.29, 0.717) is 5.75 Å². The van der Waals surface area contributed by atoms with Crippen molar-refractivity contribution in [2.75, 3.05) is 20.2 Å². The molecule has 0 radical (unpaired) electrons. The normalized spacial score (nSPS) is 13.5. The summed E-state index contributed by atoms with van der Waals surface area (Å²) in [6, 6.07) is 8.90. The molecule has 0 bridgehead atoms. The summed E-state index contributed by atoms with van der Waals surface area (Å²) >= 11 is 0. The minimum absolute atomic E-state index is 0.0392. The minimum atomic E-state index is -3.89. The molecule has 0 aliphatic carbocycles. The van der Waals surface area contributed by atoms with Gasteiger partial charge in [0.25, 0.3) is 10.2 Å². The molecule has 2 aromatic rings. The molecule has 1 aromatic carbocycles. The minimum Gasteiger partial charge on any atom is -0.497 e. The number of furan rings is 1. The summed E-state index contributed by atoms with van der Waals surface area (Å²) in [5.74, 6) is 0.663. The maximum absolute atomic E-state index is 12.9. The van der Waals surface area contributed by atoms with Gasteiger partial charge in [0.1, 0.15) is 16.8 Å². The SMILES string of the molecule is CCNS(=O)(=O)NCC(c1ccco1)S(=O)(=O)c1ccc(OC)cc1. The highest BCUT2D eigenvalue weighted by molar-refractivity contribution is 7.92. The van der Waals surface area contributed by atoms with Crippen LogP contribution >= 0.6 is 0 Å². The number of hydrogen-bond acceptors (Lipinski definition) is 6. The van der Waals surface area contributed by atoms with Gasteiger partial charge in [-0.2, -0.15) is 8.42 Å². The molecular weight excluding hydrogens is 368 g/mol. The van der Waals surface area contributed by atoms with E-state index in [4.69, 9.17) is 9.15 Å². The summed E-state index contributed by atoms with van der Waals surface area (Å²) in [6.07, 6.45) is 1.34. The van der Waals surface area contributed by atoms with E-state index in [1.807, 2.05) is 0 Å². The second-order valence-corrected chi connectivity index (χ2v) is 8.79. The molecule has 0 saturated heterocycles. The zero-order valence-corrected chi connectivity index (χ0v) is 15.4. The van der Waals surface area contributed by atoms with Gasteiger partial charge in [-0.1, -0.05) is 6.92 Å². The molecule has 1 heterocycles. The molecule has 1 unspecified atom stereocenters. The van der Waals surface area contributed by atoms with Crippen molar-refractivity contribution in [3.05, 3.63) is 48.4 Å². The summed E-state index contributed by atoms with van der Waals surface area (Å²) in [5.41, 5.74) is 0. The van der Waals surface area contributed by atoms with Crippen LogP contribution in [0.15, 0.2) is 52.0 Å². The molecule has 2 N–H and O–H groups in total. The third-order valence-electron chi connectivity index (χ3n) is 3.42. The first-order valence-electron chi connectivity index (χ1n) is 7.45. The average molecular weight is 388 g/mol. The van der Waals surface area contributed by atoms with Crippen LogP contribution in [0.5, 0.6) is 5.75 Å². The maximum Gasteiger partial charge on any atom is 0.276 e. The lowest BCUT2D eigenvalue weighted by atomic mass is 10.3. The Labute approximate surface area is 147 Å². The van der Waals surface area contributed by atoms with Crippen LogP contribution in [0, 0.1) is 0 Å². The zero-order valence-electron chi connectivity index (χ0n) is 13.8. The predicted molar refractivity (Wildman–Crippen MR) is 92.2 cm³/mol. The van der Waals surface area contributed by atoms with E-state index in [1.165, 1.54) is 43.7 Å². The van der Waals surface area contributed by atoms with E-state index in [1.54, 1.807) is 13.0 Å². The van der Waals surface area contributed by atoms with Crippen molar-refractivity contribution in [3.8, 4) is 5.75 Å². The van der Waals surface area contributed by atoms with Gasteiger partial charge in [-0.05, 0) is 36.4 Å². The van der Waals surface area contributed by atoms with Gasteiger partial charge in [-0.3, -0.25) is 0 Å². The molecule has 8 nitrogen and oxygen atoms in total. The van der Waals surface area contributed by atoms with E-state index in [9.17, 15) is 16.8 Å². The van der Waals surface area contributed by atoms with Crippen LogP contribution in [-0.4, -0.2) is 37.0 Å². The Morgan fingerprint density at radius 1 is 1.08 bits per heavy atom. The molecule has 0 saturated carbocycles. The molecule has 0 amide bonds. The van der Waals surface area contributed by atoms with Gasteiger partial charge < -0.3 is 9.15 Å². The lowest BCUT2D eigenvalue weighted by Crippen LogP contribution is -2.39. The Balaban J connectivity index is 2.34.